The van der Waals surface area contributed by atoms with Crippen LogP contribution < -0.4 is 4.90 Å². The third-order valence-electron chi connectivity index (χ3n) is 3.08. The smallest absolute Gasteiger partial charge is 0.407 e. The number of hydrogen-bond acceptors (Lipinski definition) is 5. The first-order valence-corrected chi connectivity index (χ1v) is 6.53. The summed E-state index contributed by atoms with van der Waals surface area (Å²) in [5.41, 5.74) is 0.673. The van der Waals surface area contributed by atoms with E-state index in [0.29, 0.717) is 36.4 Å². The summed E-state index contributed by atoms with van der Waals surface area (Å²) in [6, 6.07) is 0. The van der Waals surface area contributed by atoms with Gasteiger partial charge in [0.1, 0.15) is 10.9 Å². The number of hydrogen-bond donors (Lipinski definition) is 1. The first-order chi connectivity index (χ1) is 9.15. The van der Waals surface area contributed by atoms with Crippen LogP contribution in [0.2, 0.25) is 0 Å². The lowest BCUT2D eigenvalue weighted by Crippen LogP contribution is -2.48. The number of nitrogens with zero attached hydrogens (tertiary/aromatic N) is 6. The molecule has 1 aliphatic heterocycles. The summed E-state index contributed by atoms with van der Waals surface area (Å²) in [6.07, 6.45) is 2.51. The topological polar surface area (TPSA) is 86.9 Å². The summed E-state index contributed by atoms with van der Waals surface area (Å²) in [4.78, 5) is 18.7. The van der Waals surface area contributed by atoms with Crippen LogP contribution in [-0.2, 0) is 0 Å². The Morgan fingerprint density at radius 1 is 1.32 bits per heavy atom. The van der Waals surface area contributed by atoms with Gasteiger partial charge in [0.25, 0.3) is 0 Å². The molecule has 0 radical (unpaired) electrons. The third-order valence-corrected chi connectivity index (χ3v) is 3.46. The quantitative estimate of drug-likeness (QED) is 0.829. The second kappa shape index (κ2) is 4.65. The number of fused-ring (bicyclic) bond motifs is 1. The van der Waals surface area contributed by atoms with E-state index in [4.69, 9.17) is 5.11 Å². The molecule has 0 unspecified atom stereocenters. The van der Waals surface area contributed by atoms with Crippen molar-refractivity contribution >= 4 is 33.5 Å². The van der Waals surface area contributed by atoms with Gasteiger partial charge in [0.15, 0.2) is 5.82 Å². The molecule has 9 heteroatoms. The van der Waals surface area contributed by atoms with E-state index in [1.807, 2.05) is 4.90 Å². The second-order valence-corrected chi connectivity index (χ2v) is 5.02. The molecule has 1 N–H and O–H groups in total. The predicted octanol–water partition coefficient (Wildman–Crippen LogP) is 0.687. The third kappa shape index (κ3) is 2.21. The molecule has 0 saturated carbocycles. The Bertz CT molecular complexity index is 622. The van der Waals surface area contributed by atoms with Gasteiger partial charge in [-0.05, 0) is 15.9 Å². The van der Waals surface area contributed by atoms with E-state index in [9.17, 15) is 4.79 Å². The molecular formula is C10H11BrN6O2. The highest BCUT2D eigenvalue weighted by Crippen LogP contribution is 2.21. The molecule has 0 aliphatic carbocycles. The molecule has 1 amide bonds. The van der Waals surface area contributed by atoms with Crippen LogP contribution in [0, 0.1) is 0 Å². The predicted molar refractivity (Wildman–Crippen MR) is 70.3 cm³/mol. The fraction of sp³-hybridized carbons (Fsp3) is 0.400. The van der Waals surface area contributed by atoms with Crippen LogP contribution in [0.3, 0.4) is 0 Å². The summed E-state index contributed by atoms with van der Waals surface area (Å²) in [5.74, 6) is 0.719. The van der Waals surface area contributed by atoms with Crippen molar-refractivity contribution in [3.63, 3.8) is 0 Å². The minimum atomic E-state index is -0.880. The van der Waals surface area contributed by atoms with Crippen molar-refractivity contribution in [1.82, 2.24) is 24.5 Å². The average Bonchev–Trinajstić information content (AvgIpc) is 2.85. The minimum absolute atomic E-state index is 0.462. The molecule has 2 aromatic rings. The highest BCUT2D eigenvalue weighted by Gasteiger charge is 2.23. The summed E-state index contributed by atoms with van der Waals surface area (Å²) < 4.78 is 2.48. The number of piperazine rings is 1. The first kappa shape index (κ1) is 12.2. The van der Waals surface area contributed by atoms with E-state index in [2.05, 4.69) is 31.1 Å². The average molecular weight is 327 g/mol. The van der Waals surface area contributed by atoms with Gasteiger partial charge < -0.3 is 14.9 Å². The molecule has 0 aromatic carbocycles. The van der Waals surface area contributed by atoms with Gasteiger partial charge in [-0.25, -0.2) is 9.78 Å². The standard InChI is InChI=1S/C10H11BrN6O2/c11-7-5-17-6-12-14-9(17)8(13-7)15-1-3-16(4-2-15)10(18)19/h5-6H,1-4H2,(H,18,19). The van der Waals surface area contributed by atoms with Gasteiger partial charge in [-0.3, -0.25) is 4.40 Å². The van der Waals surface area contributed by atoms with E-state index in [-0.39, 0.29) is 0 Å². The molecule has 1 fully saturated rings. The van der Waals surface area contributed by atoms with Gasteiger partial charge in [-0.15, -0.1) is 10.2 Å². The summed E-state index contributed by atoms with van der Waals surface area (Å²) >= 11 is 3.35. The Labute approximate surface area is 116 Å². The summed E-state index contributed by atoms with van der Waals surface area (Å²) in [6.45, 7) is 2.12. The number of amides is 1. The molecule has 3 rings (SSSR count). The zero-order valence-electron chi connectivity index (χ0n) is 9.90. The lowest BCUT2D eigenvalue weighted by atomic mass is 10.3. The van der Waals surface area contributed by atoms with E-state index >= 15 is 0 Å². The molecule has 2 aromatic heterocycles. The maximum Gasteiger partial charge on any atom is 0.407 e. The van der Waals surface area contributed by atoms with Gasteiger partial charge in [0.2, 0.25) is 5.65 Å². The highest BCUT2D eigenvalue weighted by atomic mass is 79.9. The van der Waals surface area contributed by atoms with E-state index in [1.165, 1.54) is 4.90 Å². The van der Waals surface area contributed by atoms with Crippen LogP contribution in [0.15, 0.2) is 17.1 Å². The van der Waals surface area contributed by atoms with Crippen molar-refractivity contribution in [3.8, 4) is 0 Å². The monoisotopic (exact) mass is 326 g/mol. The Morgan fingerprint density at radius 3 is 2.74 bits per heavy atom. The Kier molecular flexibility index (Phi) is 2.97. The van der Waals surface area contributed by atoms with E-state index < -0.39 is 6.09 Å². The lowest BCUT2D eigenvalue weighted by molar-refractivity contribution is 0.142. The van der Waals surface area contributed by atoms with Crippen LogP contribution in [0.4, 0.5) is 10.6 Å². The lowest BCUT2D eigenvalue weighted by Gasteiger charge is -2.33. The van der Waals surface area contributed by atoms with Crippen molar-refractivity contribution < 1.29 is 9.90 Å². The first-order valence-electron chi connectivity index (χ1n) is 5.74. The second-order valence-electron chi connectivity index (χ2n) is 4.21. The zero-order chi connectivity index (χ0) is 13.4. The number of carbonyl (C=O) groups is 1. The van der Waals surface area contributed by atoms with Crippen LogP contribution in [0.5, 0.6) is 0 Å². The molecule has 1 saturated heterocycles. The molecule has 0 atom stereocenters. The number of aromatic nitrogens is 4. The van der Waals surface area contributed by atoms with Crippen molar-refractivity contribution in [2.45, 2.75) is 0 Å². The normalized spacial score (nSPS) is 16.1. The van der Waals surface area contributed by atoms with Crippen molar-refractivity contribution in [2.75, 3.05) is 31.1 Å². The van der Waals surface area contributed by atoms with Crippen LogP contribution in [-0.4, -0.2) is 61.9 Å². The highest BCUT2D eigenvalue weighted by molar-refractivity contribution is 9.10. The van der Waals surface area contributed by atoms with Crippen LogP contribution in [0.25, 0.3) is 5.65 Å². The number of anilines is 1. The zero-order valence-corrected chi connectivity index (χ0v) is 11.5. The number of rotatable bonds is 1. The largest absolute Gasteiger partial charge is 0.465 e. The summed E-state index contributed by atoms with van der Waals surface area (Å²) in [7, 11) is 0. The fourth-order valence-corrected chi connectivity index (χ4v) is 2.50. The van der Waals surface area contributed by atoms with Gasteiger partial charge in [0, 0.05) is 32.4 Å². The molecule has 19 heavy (non-hydrogen) atoms. The van der Waals surface area contributed by atoms with Crippen molar-refractivity contribution in [1.29, 1.82) is 0 Å². The molecule has 100 valence electrons. The van der Waals surface area contributed by atoms with Gasteiger partial charge >= 0.3 is 6.09 Å². The summed E-state index contributed by atoms with van der Waals surface area (Å²) in [5, 5.41) is 16.8. The maximum absolute atomic E-state index is 10.9. The SMILES string of the molecule is O=C(O)N1CCN(c2nc(Br)cn3cnnc23)CC1. The minimum Gasteiger partial charge on any atom is -0.465 e. The maximum atomic E-state index is 10.9. The molecular weight excluding hydrogens is 316 g/mol. The Hall–Kier alpha value is -1.90. The Balaban J connectivity index is 1.89. The van der Waals surface area contributed by atoms with E-state index in [0.717, 1.165) is 5.82 Å². The van der Waals surface area contributed by atoms with E-state index in [1.54, 1.807) is 16.9 Å². The fourth-order valence-electron chi connectivity index (χ4n) is 2.11. The number of halogens is 1. The molecule has 0 spiro atoms. The van der Waals surface area contributed by atoms with Crippen molar-refractivity contribution in [3.05, 3.63) is 17.1 Å². The van der Waals surface area contributed by atoms with Gasteiger partial charge in [0.05, 0.1) is 0 Å². The van der Waals surface area contributed by atoms with Crippen molar-refractivity contribution in [2.24, 2.45) is 0 Å². The molecule has 3 heterocycles. The molecule has 0 bridgehead atoms. The number of carboxylic acid groups (broad SMARTS) is 1. The molecule has 8 nitrogen and oxygen atoms in total. The van der Waals surface area contributed by atoms with Crippen LogP contribution in [0.1, 0.15) is 0 Å². The Morgan fingerprint density at radius 2 is 2.05 bits per heavy atom. The van der Waals surface area contributed by atoms with Crippen LogP contribution >= 0.6 is 15.9 Å². The van der Waals surface area contributed by atoms with Gasteiger partial charge in [-0.1, -0.05) is 0 Å². The van der Waals surface area contributed by atoms with Gasteiger partial charge in [-0.2, -0.15) is 0 Å². The molecule has 1 aliphatic rings.